The van der Waals surface area contributed by atoms with Crippen molar-refractivity contribution in [1.29, 1.82) is 0 Å². The summed E-state index contributed by atoms with van der Waals surface area (Å²) in [7, 11) is 0. The first-order chi connectivity index (χ1) is 11.1. The third-order valence-corrected chi connectivity index (χ3v) is 4.82. The molecule has 3 rings (SSSR count). The van der Waals surface area contributed by atoms with Crippen LogP contribution in [0.5, 0.6) is 0 Å². The first-order valence-electron chi connectivity index (χ1n) is 7.21. The predicted octanol–water partition coefficient (Wildman–Crippen LogP) is 4.95. The lowest BCUT2D eigenvalue weighted by molar-refractivity contribution is 0.0943. The van der Waals surface area contributed by atoms with E-state index in [9.17, 15) is 4.79 Å². The van der Waals surface area contributed by atoms with Crippen LogP contribution in [0.3, 0.4) is 0 Å². The van der Waals surface area contributed by atoms with E-state index in [4.69, 9.17) is 11.6 Å². The summed E-state index contributed by atoms with van der Waals surface area (Å²) in [5.74, 6) is -0.0895. The van der Waals surface area contributed by atoms with E-state index in [2.05, 4.69) is 10.3 Å². The minimum absolute atomic E-state index is 0.0895. The molecule has 1 aromatic carbocycles. The molecule has 5 heteroatoms. The van der Waals surface area contributed by atoms with E-state index in [1.807, 2.05) is 61.5 Å². The number of nitrogens with one attached hydrogen (secondary N) is 1. The summed E-state index contributed by atoms with van der Waals surface area (Å²) in [6.45, 7) is 1.92. The van der Waals surface area contributed by atoms with Crippen LogP contribution in [0.2, 0.25) is 5.02 Å². The van der Waals surface area contributed by atoms with E-state index < -0.39 is 0 Å². The fourth-order valence-electron chi connectivity index (χ4n) is 2.20. The number of rotatable bonds is 4. The van der Waals surface area contributed by atoms with Gasteiger partial charge in [0.2, 0.25) is 0 Å². The second-order valence-corrected chi connectivity index (χ2v) is 6.64. The van der Waals surface area contributed by atoms with Gasteiger partial charge in [-0.25, -0.2) is 0 Å². The van der Waals surface area contributed by atoms with Gasteiger partial charge in [-0.05, 0) is 48.9 Å². The molecule has 1 amide bonds. The number of carbonyl (C=O) groups is 1. The summed E-state index contributed by atoms with van der Waals surface area (Å²) >= 11 is 7.37. The molecule has 0 saturated heterocycles. The lowest BCUT2D eigenvalue weighted by atomic mass is 10.2. The van der Waals surface area contributed by atoms with Crippen LogP contribution in [0.15, 0.2) is 60.8 Å². The quantitative estimate of drug-likeness (QED) is 0.728. The van der Waals surface area contributed by atoms with Crippen LogP contribution < -0.4 is 5.32 Å². The summed E-state index contributed by atoms with van der Waals surface area (Å²) in [5, 5.41) is 3.68. The Morgan fingerprint density at radius 1 is 1.13 bits per heavy atom. The van der Waals surface area contributed by atoms with Gasteiger partial charge in [0.05, 0.1) is 16.6 Å². The van der Waals surface area contributed by atoms with Crippen LogP contribution in [0, 0.1) is 0 Å². The Bertz CT molecular complexity index is 799. The number of aromatic nitrogens is 1. The van der Waals surface area contributed by atoms with Gasteiger partial charge in [0.25, 0.3) is 5.91 Å². The van der Waals surface area contributed by atoms with Crippen LogP contribution >= 0.6 is 22.9 Å². The van der Waals surface area contributed by atoms with E-state index >= 15 is 0 Å². The largest absolute Gasteiger partial charge is 0.343 e. The van der Waals surface area contributed by atoms with Crippen LogP contribution in [0.4, 0.5) is 0 Å². The van der Waals surface area contributed by atoms with Gasteiger partial charge in [0, 0.05) is 16.1 Å². The highest BCUT2D eigenvalue weighted by molar-refractivity contribution is 7.17. The molecule has 0 bridgehead atoms. The number of amides is 1. The normalized spacial score (nSPS) is 11.9. The summed E-state index contributed by atoms with van der Waals surface area (Å²) in [4.78, 5) is 18.4. The van der Waals surface area contributed by atoms with Crippen LogP contribution in [0.1, 0.15) is 28.3 Å². The monoisotopic (exact) mass is 342 g/mol. The molecule has 1 unspecified atom stereocenters. The summed E-state index contributed by atoms with van der Waals surface area (Å²) < 4.78 is 0. The molecule has 3 aromatic rings. The molecule has 0 aliphatic rings. The van der Waals surface area contributed by atoms with Crippen molar-refractivity contribution in [3.63, 3.8) is 0 Å². The number of thiophene rings is 1. The molecule has 23 heavy (non-hydrogen) atoms. The number of benzene rings is 1. The zero-order valence-corrected chi connectivity index (χ0v) is 14.1. The molecule has 0 saturated carbocycles. The predicted molar refractivity (Wildman–Crippen MR) is 94.9 cm³/mol. The Morgan fingerprint density at radius 3 is 2.61 bits per heavy atom. The van der Waals surface area contributed by atoms with E-state index in [0.717, 1.165) is 16.1 Å². The zero-order chi connectivity index (χ0) is 16.2. The van der Waals surface area contributed by atoms with E-state index in [0.29, 0.717) is 9.90 Å². The highest BCUT2D eigenvalue weighted by Gasteiger charge is 2.14. The maximum atomic E-state index is 12.4. The van der Waals surface area contributed by atoms with Crippen molar-refractivity contribution in [2.45, 2.75) is 13.0 Å². The Hall–Kier alpha value is -2.17. The average Bonchev–Trinajstić information content (AvgIpc) is 3.06. The topological polar surface area (TPSA) is 42.0 Å². The van der Waals surface area contributed by atoms with Crippen molar-refractivity contribution in [1.82, 2.24) is 10.3 Å². The maximum Gasteiger partial charge on any atom is 0.261 e. The van der Waals surface area contributed by atoms with Gasteiger partial charge in [0.1, 0.15) is 0 Å². The Labute approximate surface area is 144 Å². The number of carbonyl (C=O) groups excluding carboxylic acids is 1. The van der Waals surface area contributed by atoms with Crippen LogP contribution in [-0.4, -0.2) is 10.9 Å². The standard InChI is InChI=1S/C18H15ClN2OS/c1-12(15-4-2-3-11-20-15)21-18(22)17-10-9-16(23-17)13-5-7-14(19)8-6-13/h2-12H,1H3,(H,21,22). The minimum atomic E-state index is -0.134. The molecule has 0 aliphatic carbocycles. The molecule has 0 fully saturated rings. The van der Waals surface area contributed by atoms with Crippen molar-refractivity contribution in [3.05, 3.63) is 76.4 Å². The first-order valence-corrected chi connectivity index (χ1v) is 8.40. The summed E-state index contributed by atoms with van der Waals surface area (Å²) in [5.41, 5.74) is 1.89. The second kappa shape index (κ2) is 6.94. The SMILES string of the molecule is CC(NC(=O)c1ccc(-c2ccc(Cl)cc2)s1)c1ccccn1. The second-order valence-electron chi connectivity index (χ2n) is 5.12. The number of hydrogen-bond donors (Lipinski definition) is 1. The van der Waals surface area contributed by atoms with Crippen LogP contribution in [-0.2, 0) is 0 Å². The number of hydrogen-bond acceptors (Lipinski definition) is 3. The van der Waals surface area contributed by atoms with Crippen molar-refractivity contribution >= 4 is 28.8 Å². The molecule has 2 aromatic heterocycles. The molecule has 1 N–H and O–H groups in total. The highest BCUT2D eigenvalue weighted by Crippen LogP contribution is 2.29. The van der Waals surface area contributed by atoms with E-state index in [-0.39, 0.29) is 11.9 Å². The van der Waals surface area contributed by atoms with Crippen molar-refractivity contribution in [2.24, 2.45) is 0 Å². The molecule has 3 nitrogen and oxygen atoms in total. The third-order valence-electron chi connectivity index (χ3n) is 3.44. The molecule has 1 atom stereocenters. The molecular formula is C18H15ClN2OS. The minimum Gasteiger partial charge on any atom is -0.343 e. The first kappa shape index (κ1) is 15.7. The number of nitrogens with zero attached hydrogens (tertiary/aromatic N) is 1. The van der Waals surface area contributed by atoms with Gasteiger partial charge >= 0.3 is 0 Å². The van der Waals surface area contributed by atoms with Gasteiger partial charge in [0.15, 0.2) is 0 Å². The average molecular weight is 343 g/mol. The van der Waals surface area contributed by atoms with Crippen molar-refractivity contribution in [3.8, 4) is 10.4 Å². The number of pyridine rings is 1. The molecule has 0 spiro atoms. The van der Waals surface area contributed by atoms with E-state index in [1.165, 1.54) is 11.3 Å². The Balaban J connectivity index is 1.72. The third kappa shape index (κ3) is 3.78. The smallest absolute Gasteiger partial charge is 0.261 e. The van der Waals surface area contributed by atoms with Gasteiger partial charge in [-0.2, -0.15) is 0 Å². The summed E-state index contributed by atoms with van der Waals surface area (Å²) in [6.07, 6.45) is 1.72. The van der Waals surface area contributed by atoms with Gasteiger partial charge in [-0.1, -0.05) is 29.8 Å². The number of halogens is 1. The summed E-state index contributed by atoms with van der Waals surface area (Å²) in [6, 6.07) is 16.9. The van der Waals surface area contributed by atoms with Crippen molar-refractivity contribution < 1.29 is 4.79 Å². The highest BCUT2D eigenvalue weighted by atomic mass is 35.5. The van der Waals surface area contributed by atoms with Gasteiger partial charge in [-0.3, -0.25) is 9.78 Å². The maximum absolute atomic E-state index is 12.4. The van der Waals surface area contributed by atoms with E-state index in [1.54, 1.807) is 6.20 Å². The molecular weight excluding hydrogens is 328 g/mol. The van der Waals surface area contributed by atoms with Crippen LogP contribution in [0.25, 0.3) is 10.4 Å². The van der Waals surface area contributed by atoms with Gasteiger partial charge in [-0.15, -0.1) is 11.3 Å². The van der Waals surface area contributed by atoms with Gasteiger partial charge < -0.3 is 5.32 Å². The lowest BCUT2D eigenvalue weighted by Gasteiger charge is -2.12. The Morgan fingerprint density at radius 2 is 1.91 bits per heavy atom. The molecule has 116 valence electrons. The zero-order valence-electron chi connectivity index (χ0n) is 12.5. The van der Waals surface area contributed by atoms with Crippen molar-refractivity contribution in [2.75, 3.05) is 0 Å². The lowest BCUT2D eigenvalue weighted by Crippen LogP contribution is -2.26. The fourth-order valence-corrected chi connectivity index (χ4v) is 3.24. The molecule has 0 radical (unpaired) electrons. The molecule has 2 heterocycles. The Kier molecular flexibility index (Phi) is 4.74. The molecule has 0 aliphatic heterocycles. The fraction of sp³-hybridized carbons (Fsp3) is 0.111.